The van der Waals surface area contributed by atoms with Gasteiger partial charge in [0.15, 0.2) is 0 Å². The molecule has 4 aromatic rings. The van der Waals surface area contributed by atoms with E-state index >= 15 is 0 Å². The van der Waals surface area contributed by atoms with Gasteiger partial charge in [0, 0.05) is 22.5 Å². The van der Waals surface area contributed by atoms with E-state index in [4.69, 9.17) is 0 Å². The summed E-state index contributed by atoms with van der Waals surface area (Å²) < 4.78 is 68.0. The minimum absolute atomic E-state index is 0. The van der Waals surface area contributed by atoms with Crippen LogP contribution < -0.4 is 40.2 Å². The Labute approximate surface area is 258 Å². The molecule has 0 atom stereocenters. The fourth-order valence-electron chi connectivity index (χ4n) is 3.71. The molecule has 4 N–H and O–H groups in total. The van der Waals surface area contributed by atoms with Gasteiger partial charge in [0.05, 0.1) is 0 Å². The molecule has 204 valence electrons. The van der Waals surface area contributed by atoms with Crippen molar-refractivity contribution in [2.45, 2.75) is 9.79 Å². The molecular weight excluding hydrogens is 579 g/mol. The van der Waals surface area contributed by atoms with Crippen molar-refractivity contribution in [2.75, 3.05) is 10.6 Å². The van der Waals surface area contributed by atoms with E-state index in [-0.39, 0.29) is 52.1 Å². The average molecular weight is 602 g/mol. The maximum atomic E-state index is 12.4. The van der Waals surface area contributed by atoms with Gasteiger partial charge in [-0.05, 0) is 59.7 Å². The van der Waals surface area contributed by atoms with E-state index in [2.05, 4.69) is 10.6 Å². The summed E-state index contributed by atoms with van der Waals surface area (Å²) in [5.41, 5.74) is 0.805. The van der Waals surface area contributed by atoms with Crippen molar-refractivity contribution in [1.82, 2.24) is 0 Å². The van der Waals surface area contributed by atoms with Gasteiger partial charge in [-0.1, -0.05) is 60.7 Å². The normalized spacial score (nSPS) is 11.5. The van der Waals surface area contributed by atoms with Crippen molar-refractivity contribution in [1.29, 1.82) is 0 Å². The Kier molecular flexibility index (Phi) is 10.4. The predicted octanol–water partition coefficient (Wildman–Crippen LogP) is 1.86. The Hall–Kier alpha value is -3.62. The van der Waals surface area contributed by atoms with Crippen LogP contribution >= 0.6 is 0 Å². The number of hydrogen-bond acceptors (Lipinski definition) is 6. The topological polar surface area (TPSA) is 167 Å². The van der Waals surface area contributed by atoms with Crippen LogP contribution in [0.25, 0.3) is 12.2 Å². The van der Waals surface area contributed by atoms with Gasteiger partial charge < -0.3 is 10.6 Å². The van der Waals surface area contributed by atoms with Crippen molar-refractivity contribution in [3.63, 3.8) is 0 Å². The summed E-state index contributed by atoms with van der Waals surface area (Å²) in [5, 5.41) is 5.10. The Morgan fingerprint density at radius 1 is 0.561 bits per heavy atom. The zero-order chi connectivity index (χ0) is 28.9. The Balaban J connectivity index is 0.00000462. The number of nitrogens with one attached hydrogen (secondary N) is 2. The van der Waals surface area contributed by atoms with E-state index in [1.54, 1.807) is 60.7 Å². The van der Waals surface area contributed by atoms with Gasteiger partial charge in [0.1, 0.15) is 9.79 Å². The van der Waals surface area contributed by atoms with Crippen LogP contribution in [-0.2, 0) is 20.2 Å². The SMILES string of the molecule is O=C(Nc1ccc(/C=C/c2ccc(NC(=O)c3ccccc3)cc2S(=O)(=O)O)c(S(=O)(=O)O)c1)c1ccccc1.[Na+]. The summed E-state index contributed by atoms with van der Waals surface area (Å²) in [6.07, 6.45) is 2.44. The summed E-state index contributed by atoms with van der Waals surface area (Å²) in [6, 6.07) is 23.9. The molecule has 0 saturated carbocycles. The molecule has 0 heterocycles. The molecule has 10 nitrogen and oxygen atoms in total. The van der Waals surface area contributed by atoms with Gasteiger partial charge in [-0.2, -0.15) is 16.8 Å². The summed E-state index contributed by atoms with van der Waals surface area (Å²) in [7, 11) is -9.53. The first-order chi connectivity index (χ1) is 18.9. The predicted molar refractivity (Wildman–Crippen MR) is 150 cm³/mol. The number of benzene rings is 4. The molecular formula is C28H22N2NaO8S2+. The molecule has 0 radical (unpaired) electrons. The van der Waals surface area contributed by atoms with Crippen molar-refractivity contribution in [3.05, 3.63) is 119 Å². The average Bonchev–Trinajstić information content (AvgIpc) is 2.92. The molecule has 0 aliphatic rings. The summed E-state index contributed by atoms with van der Waals surface area (Å²) >= 11 is 0. The second-order valence-corrected chi connectivity index (χ2v) is 11.2. The van der Waals surface area contributed by atoms with Crippen LogP contribution in [0, 0.1) is 0 Å². The standard InChI is InChI=1S/C28H22N2O8S2.Na/c31-27(21-7-3-1-4-8-21)29-23-15-13-19(25(17-23)39(33,34)35)11-12-20-14-16-24(18-26(20)40(36,37)38)30-28(32)22-9-5-2-6-10-22;/h1-18H,(H,29,31)(H,30,32)(H,33,34,35)(H,36,37,38);/q;+1/b12-11+;. The van der Waals surface area contributed by atoms with Crippen LogP contribution in [-0.4, -0.2) is 37.8 Å². The fourth-order valence-corrected chi connectivity index (χ4v) is 5.13. The minimum Gasteiger partial charge on any atom is -0.322 e. The van der Waals surface area contributed by atoms with Gasteiger partial charge in [0.2, 0.25) is 0 Å². The zero-order valence-corrected chi connectivity index (χ0v) is 25.2. The molecule has 2 amide bonds. The van der Waals surface area contributed by atoms with E-state index in [0.29, 0.717) is 11.1 Å². The van der Waals surface area contributed by atoms with Gasteiger partial charge in [0.25, 0.3) is 32.1 Å². The van der Waals surface area contributed by atoms with Crippen molar-refractivity contribution in [2.24, 2.45) is 0 Å². The molecule has 4 rings (SSSR count). The molecule has 0 unspecified atom stereocenters. The first-order valence-corrected chi connectivity index (χ1v) is 14.4. The number of rotatable bonds is 8. The first-order valence-electron chi connectivity index (χ1n) is 11.6. The van der Waals surface area contributed by atoms with Gasteiger partial charge >= 0.3 is 29.6 Å². The number of amides is 2. The second-order valence-electron chi connectivity index (χ2n) is 8.43. The third-order valence-electron chi connectivity index (χ3n) is 5.61. The monoisotopic (exact) mass is 601 g/mol. The molecule has 0 fully saturated rings. The maximum Gasteiger partial charge on any atom is 1.00 e. The third-order valence-corrected chi connectivity index (χ3v) is 7.43. The summed E-state index contributed by atoms with van der Waals surface area (Å²) in [5.74, 6) is -0.996. The molecule has 13 heteroatoms. The zero-order valence-electron chi connectivity index (χ0n) is 21.6. The van der Waals surface area contributed by atoms with E-state index < -0.39 is 41.8 Å². The quantitative estimate of drug-likeness (QED) is 0.135. The Morgan fingerprint density at radius 3 is 1.22 bits per heavy atom. The van der Waals surface area contributed by atoms with Crippen LogP contribution in [0.3, 0.4) is 0 Å². The Bertz CT molecular complexity index is 1690. The van der Waals surface area contributed by atoms with Gasteiger partial charge in [-0.3, -0.25) is 18.7 Å². The molecule has 41 heavy (non-hydrogen) atoms. The van der Waals surface area contributed by atoms with Crippen LogP contribution in [0.2, 0.25) is 0 Å². The summed E-state index contributed by atoms with van der Waals surface area (Å²) in [4.78, 5) is 23.8. The third kappa shape index (κ3) is 8.44. The van der Waals surface area contributed by atoms with Crippen molar-refractivity contribution < 1.29 is 65.1 Å². The van der Waals surface area contributed by atoms with Crippen LogP contribution in [0.15, 0.2) is 107 Å². The van der Waals surface area contributed by atoms with E-state index in [9.17, 15) is 35.5 Å². The molecule has 0 saturated heterocycles. The molecule has 0 bridgehead atoms. The van der Waals surface area contributed by atoms with Crippen molar-refractivity contribution in [3.8, 4) is 0 Å². The fraction of sp³-hybridized carbons (Fsp3) is 0. The molecule has 0 aliphatic carbocycles. The maximum absolute atomic E-state index is 12.4. The van der Waals surface area contributed by atoms with E-state index in [1.807, 2.05) is 0 Å². The molecule has 0 spiro atoms. The number of anilines is 2. The van der Waals surface area contributed by atoms with Crippen LogP contribution in [0.5, 0.6) is 0 Å². The smallest absolute Gasteiger partial charge is 0.322 e. The molecule has 0 aliphatic heterocycles. The number of carbonyl (C=O) groups excluding carboxylic acids is 2. The van der Waals surface area contributed by atoms with Crippen LogP contribution in [0.4, 0.5) is 11.4 Å². The van der Waals surface area contributed by atoms with Gasteiger partial charge in [-0.15, -0.1) is 0 Å². The summed E-state index contributed by atoms with van der Waals surface area (Å²) in [6.45, 7) is 0. The van der Waals surface area contributed by atoms with Crippen LogP contribution in [0.1, 0.15) is 31.8 Å². The molecule has 0 aromatic heterocycles. The minimum atomic E-state index is -4.76. The van der Waals surface area contributed by atoms with Gasteiger partial charge in [-0.25, -0.2) is 0 Å². The van der Waals surface area contributed by atoms with E-state index in [0.717, 1.165) is 12.1 Å². The van der Waals surface area contributed by atoms with Crippen molar-refractivity contribution >= 4 is 55.6 Å². The largest absolute Gasteiger partial charge is 1.00 e. The van der Waals surface area contributed by atoms with E-state index in [1.165, 1.54) is 36.4 Å². The second kappa shape index (κ2) is 13.4. The molecule has 4 aromatic carbocycles. The Morgan fingerprint density at radius 2 is 0.902 bits per heavy atom. The number of carbonyl (C=O) groups is 2. The first kappa shape index (κ1) is 31.9. The number of hydrogen-bond donors (Lipinski definition) is 4.